The van der Waals surface area contributed by atoms with Crippen LogP contribution in [0.25, 0.3) is 0 Å². The maximum absolute atomic E-state index is 12.6. The van der Waals surface area contributed by atoms with E-state index in [-0.39, 0.29) is 24.8 Å². The summed E-state index contributed by atoms with van der Waals surface area (Å²) in [6.45, 7) is 0.213. The van der Waals surface area contributed by atoms with Crippen molar-refractivity contribution in [3.05, 3.63) is 82.5 Å². The molecule has 0 bridgehead atoms. The third kappa shape index (κ3) is 5.34. The number of benzene rings is 2. The Morgan fingerprint density at radius 2 is 1.93 bits per heavy atom. The summed E-state index contributed by atoms with van der Waals surface area (Å²) in [6.07, 6.45) is 2.25. The zero-order valence-corrected chi connectivity index (χ0v) is 16.5. The molecule has 7 heteroatoms. The number of thioether (sulfide) groups is 1. The molecule has 1 aromatic heterocycles. The van der Waals surface area contributed by atoms with Crippen LogP contribution in [0, 0.1) is 0 Å². The number of carbonyl (C=O) groups excluding carboxylic acids is 1. The van der Waals surface area contributed by atoms with E-state index in [9.17, 15) is 4.79 Å². The van der Waals surface area contributed by atoms with E-state index in [0.717, 1.165) is 11.1 Å². The molecule has 0 saturated carbocycles. The van der Waals surface area contributed by atoms with Gasteiger partial charge in [0.1, 0.15) is 0 Å². The predicted octanol–water partition coefficient (Wildman–Crippen LogP) is 4.42. The van der Waals surface area contributed by atoms with E-state index in [1.165, 1.54) is 0 Å². The minimum absolute atomic E-state index is 0.103. The molecule has 0 spiro atoms. The third-order valence-electron chi connectivity index (χ3n) is 4.09. The van der Waals surface area contributed by atoms with Crippen LogP contribution in [-0.4, -0.2) is 22.3 Å². The van der Waals surface area contributed by atoms with Gasteiger partial charge in [0.25, 0.3) is 0 Å². The molecule has 1 heterocycles. The van der Waals surface area contributed by atoms with E-state index in [2.05, 4.69) is 15.5 Å². The Balaban J connectivity index is 1.70. The van der Waals surface area contributed by atoms with E-state index in [1.54, 1.807) is 11.8 Å². The predicted molar refractivity (Wildman–Crippen MR) is 108 cm³/mol. The van der Waals surface area contributed by atoms with Crippen molar-refractivity contribution in [3.8, 4) is 0 Å². The minimum Gasteiger partial charge on any atom is -0.347 e. The van der Waals surface area contributed by atoms with Crippen LogP contribution in [0.5, 0.6) is 0 Å². The van der Waals surface area contributed by atoms with Gasteiger partial charge in [-0.3, -0.25) is 4.79 Å². The molecule has 0 aliphatic rings. The van der Waals surface area contributed by atoms with Gasteiger partial charge >= 0.3 is 0 Å². The SMILES string of the molecule is CSCc1noc(CNC(=O)C[C@@H](c2ccccc2)c2ccccc2Cl)n1. The van der Waals surface area contributed by atoms with Crippen molar-refractivity contribution in [2.24, 2.45) is 0 Å². The maximum atomic E-state index is 12.6. The lowest BCUT2D eigenvalue weighted by molar-refractivity contribution is -0.121. The molecule has 0 saturated heterocycles. The van der Waals surface area contributed by atoms with Crippen LogP contribution in [-0.2, 0) is 17.1 Å². The molecule has 5 nitrogen and oxygen atoms in total. The van der Waals surface area contributed by atoms with Crippen LogP contribution in [0.3, 0.4) is 0 Å². The van der Waals surface area contributed by atoms with Gasteiger partial charge in [-0.2, -0.15) is 16.7 Å². The van der Waals surface area contributed by atoms with Crippen molar-refractivity contribution in [3.63, 3.8) is 0 Å². The van der Waals surface area contributed by atoms with Crippen LogP contribution < -0.4 is 5.32 Å². The molecule has 0 unspecified atom stereocenters. The number of rotatable bonds is 8. The van der Waals surface area contributed by atoms with Gasteiger partial charge in [0, 0.05) is 17.4 Å². The van der Waals surface area contributed by atoms with Gasteiger partial charge in [-0.05, 0) is 23.4 Å². The number of halogens is 1. The molecule has 1 N–H and O–H groups in total. The van der Waals surface area contributed by atoms with Crippen LogP contribution >= 0.6 is 23.4 Å². The van der Waals surface area contributed by atoms with Gasteiger partial charge in [0.05, 0.1) is 12.3 Å². The molecule has 1 atom stereocenters. The highest BCUT2D eigenvalue weighted by molar-refractivity contribution is 7.97. The van der Waals surface area contributed by atoms with Crippen molar-refractivity contribution in [2.75, 3.05) is 6.26 Å². The zero-order chi connectivity index (χ0) is 19.1. The van der Waals surface area contributed by atoms with E-state index in [0.29, 0.717) is 22.5 Å². The summed E-state index contributed by atoms with van der Waals surface area (Å²) in [5, 5.41) is 7.39. The fraction of sp³-hybridized carbons (Fsp3) is 0.250. The Morgan fingerprint density at radius 1 is 1.19 bits per heavy atom. The second-order valence-corrected chi connectivity index (χ2v) is 7.28. The molecular formula is C20H20ClN3O2S. The molecule has 0 aliphatic heterocycles. The van der Waals surface area contributed by atoms with Crippen molar-refractivity contribution in [1.82, 2.24) is 15.5 Å². The highest BCUT2D eigenvalue weighted by Crippen LogP contribution is 2.32. The highest BCUT2D eigenvalue weighted by atomic mass is 35.5. The molecule has 0 aliphatic carbocycles. The van der Waals surface area contributed by atoms with E-state index < -0.39 is 0 Å². The number of nitrogens with zero attached hydrogens (tertiary/aromatic N) is 2. The molecule has 140 valence electrons. The first-order chi connectivity index (χ1) is 13.2. The number of nitrogens with one attached hydrogen (secondary N) is 1. The summed E-state index contributed by atoms with van der Waals surface area (Å²) in [5.41, 5.74) is 1.97. The van der Waals surface area contributed by atoms with E-state index >= 15 is 0 Å². The van der Waals surface area contributed by atoms with Crippen molar-refractivity contribution in [1.29, 1.82) is 0 Å². The number of aromatic nitrogens is 2. The first-order valence-corrected chi connectivity index (χ1v) is 10.3. The van der Waals surface area contributed by atoms with Gasteiger partial charge in [-0.25, -0.2) is 0 Å². The molecule has 3 rings (SSSR count). The van der Waals surface area contributed by atoms with Crippen LogP contribution in [0.4, 0.5) is 0 Å². The smallest absolute Gasteiger partial charge is 0.246 e. The monoisotopic (exact) mass is 401 g/mol. The number of amides is 1. The van der Waals surface area contributed by atoms with Gasteiger partial charge in [0.15, 0.2) is 5.82 Å². The lowest BCUT2D eigenvalue weighted by Crippen LogP contribution is -2.25. The minimum atomic E-state index is -0.130. The average molecular weight is 402 g/mol. The lowest BCUT2D eigenvalue weighted by Gasteiger charge is -2.19. The molecule has 27 heavy (non-hydrogen) atoms. The Labute approximate surface area is 167 Å². The second kappa shape index (κ2) is 9.58. The maximum Gasteiger partial charge on any atom is 0.246 e. The van der Waals surface area contributed by atoms with Crippen molar-refractivity contribution in [2.45, 2.75) is 24.6 Å². The average Bonchev–Trinajstić information content (AvgIpc) is 3.14. The molecular weight excluding hydrogens is 382 g/mol. The standard InChI is InChI=1S/C20H20ClN3O2S/c1-27-13-18-23-20(26-24-18)12-22-19(25)11-16(14-7-3-2-4-8-14)15-9-5-6-10-17(15)21/h2-10,16H,11-13H2,1H3,(H,22,25)/t16-/m0/s1. The Morgan fingerprint density at radius 3 is 2.67 bits per heavy atom. The highest BCUT2D eigenvalue weighted by Gasteiger charge is 2.20. The fourth-order valence-electron chi connectivity index (χ4n) is 2.83. The van der Waals surface area contributed by atoms with Gasteiger partial charge in [-0.1, -0.05) is 65.3 Å². The number of carbonyl (C=O) groups is 1. The van der Waals surface area contributed by atoms with Gasteiger partial charge < -0.3 is 9.84 Å². The summed E-state index contributed by atoms with van der Waals surface area (Å²) >= 11 is 8.00. The van der Waals surface area contributed by atoms with Crippen molar-refractivity contribution < 1.29 is 9.32 Å². The first-order valence-electron chi connectivity index (χ1n) is 8.54. The largest absolute Gasteiger partial charge is 0.347 e. The molecule has 1 amide bonds. The van der Waals surface area contributed by atoms with Crippen molar-refractivity contribution >= 4 is 29.3 Å². The normalized spacial score (nSPS) is 11.9. The Hall–Kier alpha value is -2.31. The zero-order valence-electron chi connectivity index (χ0n) is 14.9. The molecule has 0 fully saturated rings. The summed E-state index contributed by atoms with van der Waals surface area (Å²) < 4.78 is 5.15. The topological polar surface area (TPSA) is 68.0 Å². The first kappa shape index (κ1) is 19.5. The van der Waals surface area contributed by atoms with Crippen LogP contribution in [0.2, 0.25) is 5.02 Å². The quantitative estimate of drug-likeness (QED) is 0.605. The summed E-state index contributed by atoms with van der Waals surface area (Å²) in [6, 6.07) is 17.5. The Kier molecular flexibility index (Phi) is 6.90. The van der Waals surface area contributed by atoms with Crippen LogP contribution in [0.15, 0.2) is 59.1 Å². The number of hydrogen-bond acceptors (Lipinski definition) is 5. The van der Waals surface area contributed by atoms with E-state index in [1.807, 2.05) is 60.9 Å². The van der Waals surface area contributed by atoms with Crippen LogP contribution in [0.1, 0.15) is 35.2 Å². The molecule has 2 aromatic carbocycles. The molecule has 3 aromatic rings. The fourth-order valence-corrected chi connectivity index (χ4v) is 3.47. The van der Waals surface area contributed by atoms with Gasteiger partial charge in [0.2, 0.25) is 11.8 Å². The second-order valence-electron chi connectivity index (χ2n) is 6.00. The lowest BCUT2D eigenvalue weighted by atomic mass is 9.88. The third-order valence-corrected chi connectivity index (χ3v) is 4.98. The summed E-state index contributed by atoms with van der Waals surface area (Å²) in [5.74, 6) is 1.48. The Bertz CT molecular complexity index is 886. The van der Waals surface area contributed by atoms with Gasteiger partial charge in [-0.15, -0.1) is 0 Å². The summed E-state index contributed by atoms with van der Waals surface area (Å²) in [4.78, 5) is 16.8. The van der Waals surface area contributed by atoms with E-state index in [4.69, 9.17) is 16.1 Å². The molecule has 0 radical (unpaired) electrons. The summed E-state index contributed by atoms with van der Waals surface area (Å²) in [7, 11) is 0. The number of hydrogen-bond donors (Lipinski definition) is 1.